The fraction of sp³-hybridized carbons (Fsp3) is 1.00. The monoisotopic (exact) mass is 120 g/mol. The minimum atomic E-state index is -1.89. The number of hydrogen-bond donors (Lipinski definition) is 2. The SMILES string of the molecule is [B]C([B])(O)CC([B])(C)O. The molecule has 1 unspecified atom stereocenters. The van der Waals surface area contributed by atoms with E-state index in [0.717, 1.165) is 0 Å². The lowest BCUT2D eigenvalue weighted by atomic mass is 9.58. The standard InChI is InChI=1S/C4H7B3O2/c1-3(5,8)2-4(6,7)9/h8-9H,2H2,1H3. The molecule has 0 amide bonds. The summed E-state index contributed by atoms with van der Waals surface area (Å²) in [7, 11) is 14.9. The van der Waals surface area contributed by atoms with Gasteiger partial charge in [0.05, 0.1) is 15.7 Å². The summed E-state index contributed by atoms with van der Waals surface area (Å²) in [6, 6.07) is 0. The van der Waals surface area contributed by atoms with Gasteiger partial charge in [0.2, 0.25) is 0 Å². The summed E-state index contributed by atoms with van der Waals surface area (Å²) in [6.45, 7) is 1.30. The van der Waals surface area contributed by atoms with Crippen LogP contribution in [0.1, 0.15) is 13.3 Å². The first-order valence-corrected chi connectivity index (χ1v) is 2.52. The highest BCUT2D eigenvalue weighted by atomic mass is 16.3. The van der Waals surface area contributed by atoms with Crippen LogP contribution in [0.3, 0.4) is 0 Å². The number of aliphatic hydroxyl groups is 2. The van der Waals surface area contributed by atoms with Crippen molar-refractivity contribution >= 4 is 23.5 Å². The fourth-order valence-electron chi connectivity index (χ4n) is 0.573. The number of hydrogen-bond acceptors (Lipinski definition) is 2. The molecule has 0 bridgehead atoms. The van der Waals surface area contributed by atoms with E-state index in [4.69, 9.17) is 33.8 Å². The van der Waals surface area contributed by atoms with Crippen molar-refractivity contribution in [2.45, 2.75) is 24.2 Å². The summed E-state index contributed by atoms with van der Waals surface area (Å²) in [6.07, 6.45) is -0.264. The van der Waals surface area contributed by atoms with Gasteiger partial charge in [-0.2, -0.15) is 0 Å². The second-order valence-corrected chi connectivity index (χ2v) is 2.53. The van der Waals surface area contributed by atoms with Gasteiger partial charge in [0, 0.05) is 5.50 Å². The molecule has 0 spiro atoms. The van der Waals surface area contributed by atoms with Crippen LogP contribution in [0.15, 0.2) is 0 Å². The summed E-state index contributed by atoms with van der Waals surface area (Å²) < 4.78 is 0. The molecule has 0 rings (SSSR count). The van der Waals surface area contributed by atoms with Crippen LogP contribution >= 0.6 is 0 Å². The van der Waals surface area contributed by atoms with Crippen molar-refractivity contribution in [3.05, 3.63) is 0 Å². The van der Waals surface area contributed by atoms with Gasteiger partial charge in [-0.05, 0) is 18.7 Å². The van der Waals surface area contributed by atoms with Crippen LogP contribution in [0.4, 0.5) is 0 Å². The highest BCUT2D eigenvalue weighted by Gasteiger charge is 2.22. The van der Waals surface area contributed by atoms with Crippen molar-refractivity contribution in [1.82, 2.24) is 0 Å². The molecule has 0 heterocycles. The summed E-state index contributed by atoms with van der Waals surface area (Å²) in [5.41, 5.74) is -1.52. The van der Waals surface area contributed by atoms with Gasteiger partial charge in [0.15, 0.2) is 0 Å². The van der Waals surface area contributed by atoms with E-state index in [-0.39, 0.29) is 6.42 Å². The molecular formula is C4H7B3O2. The zero-order valence-corrected chi connectivity index (χ0v) is 5.33. The van der Waals surface area contributed by atoms with Crippen LogP contribution in [-0.2, 0) is 0 Å². The van der Waals surface area contributed by atoms with Gasteiger partial charge in [0.1, 0.15) is 7.85 Å². The molecule has 0 aromatic carbocycles. The molecule has 0 fully saturated rings. The Hall–Kier alpha value is 0.115. The van der Waals surface area contributed by atoms with Crippen molar-refractivity contribution in [3.8, 4) is 0 Å². The first kappa shape index (κ1) is 9.11. The van der Waals surface area contributed by atoms with E-state index in [1.54, 1.807) is 0 Å². The highest BCUT2D eigenvalue weighted by molar-refractivity contribution is 6.39. The van der Waals surface area contributed by atoms with Crippen molar-refractivity contribution in [2.75, 3.05) is 0 Å². The summed E-state index contributed by atoms with van der Waals surface area (Å²) in [5.74, 6) is 0. The van der Waals surface area contributed by atoms with Crippen molar-refractivity contribution in [1.29, 1.82) is 0 Å². The Morgan fingerprint density at radius 1 is 1.22 bits per heavy atom. The van der Waals surface area contributed by atoms with Gasteiger partial charge in [0.25, 0.3) is 0 Å². The van der Waals surface area contributed by atoms with Gasteiger partial charge in [-0.3, -0.25) is 0 Å². The Morgan fingerprint density at radius 3 is 1.56 bits per heavy atom. The maximum absolute atomic E-state index is 8.81. The van der Waals surface area contributed by atoms with Crippen LogP contribution in [0, 0.1) is 0 Å². The molecule has 1 atom stereocenters. The maximum Gasteiger partial charge on any atom is 0.113 e. The molecule has 0 saturated carbocycles. The quantitative estimate of drug-likeness (QED) is 0.423. The van der Waals surface area contributed by atoms with E-state index < -0.39 is 10.9 Å². The zero-order chi connectivity index (χ0) is 7.71. The first-order valence-electron chi connectivity index (χ1n) is 2.52. The van der Waals surface area contributed by atoms with Crippen LogP contribution in [-0.4, -0.2) is 44.7 Å². The van der Waals surface area contributed by atoms with Gasteiger partial charge < -0.3 is 10.2 Å². The van der Waals surface area contributed by atoms with Crippen molar-refractivity contribution in [2.24, 2.45) is 0 Å². The van der Waals surface area contributed by atoms with E-state index in [1.165, 1.54) is 6.92 Å². The topological polar surface area (TPSA) is 40.5 Å². The molecule has 0 aromatic heterocycles. The normalized spacial score (nSPS) is 19.0. The van der Waals surface area contributed by atoms with E-state index in [2.05, 4.69) is 0 Å². The zero-order valence-electron chi connectivity index (χ0n) is 5.33. The summed E-state index contributed by atoms with van der Waals surface area (Å²) >= 11 is 0. The minimum absolute atomic E-state index is 0.264. The maximum atomic E-state index is 8.81. The molecule has 2 N–H and O–H groups in total. The molecule has 6 radical (unpaired) electrons. The van der Waals surface area contributed by atoms with E-state index in [9.17, 15) is 0 Å². The third-order valence-electron chi connectivity index (χ3n) is 0.641. The second-order valence-electron chi connectivity index (χ2n) is 2.53. The molecule has 9 heavy (non-hydrogen) atoms. The van der Waals surface area contributed by atoms with Crippen LogP contribution < -0.4 is 0 Å². The average Bonchev–Trinajstić information content (AvgIpc) is 1.14. The van der Waals surface area contributed by atoms with E-state index in [1.807, 2.05) is 0 Å². The van der Waals surface area contributed by atoms with Crippen molar-refractivity contribution in [3.63, 3.8) is 0 Å². The lowest BCUT2D eigenvalue weighted by molar-refractivity contribution is 0.0797. The van der Waals surface area contributed by atoms with Crippen molar-refractivity contribution < 1.29 is 10.2 Å². The van der Waals surface area contributed by atoms with Gasteiger partial charge in [-0.1, -0.05) is 0 Å². The molecule has 0 saturated heterocycles. The minimum Gasteiger partial charge on any atom is -0.409 e. The highest BCUT2D eigenvalue weighted by Crippen LogP contribution is 2.10. The summed E-state index contributed by atoms with van der Waals surface area (Å²) in [4.78, 5) is 0. The largest absolute Gasteiger partial charge is 0.409 e. The smallest absolute Gasteiger partial charge is 0.113 e. The molecule has 0 aliphatic rings. The predicted molar refractivity (Wildman–Crippen MR) is 37.5 cm³/mol. The van der Waals surface area contributed by atoms with Gasteiger partial charge in [-0.25, -0.2) is 0 Å². The Bertz CT molecular complexity index is 79.0. The lowest BCUT2D eigenvalue weighted by Crippen LogP contribution is -2.40. The Balaban J connectivity index is 3.75. The van der Waals surface area contributed by atoms with Crippen LogP contribution in [0.5, 0.6) is 0 Å². The molecule has 0 aromatic rings. The fourth-order valence-corrected chi connectivity index (χ4v) is 0.573. The molecule has 2 nitrogen and oxygen atoms in total. The Labute approximate surface area is 58.9 Å². The first-order chi connectivity index (χ1) is 3.71. The predicted octanol–water partition coefficient (Wildman–Crippen LogP) is -1.76. The third kappa shape index (κ3) is 8.11. The van der Waals surface area contributed by atoms with Gasteiger partial charge >= 0.3 is 0 Å². The van der Waals surface area contributed by atoms with Gasteiger partial charge in [-0.15, -0.1) is 0 Å². The molecule has 0 aliphatic carbocycles. The van der Waals surface area contributed by atoms with Crippen LogP contribution in [0.25, 0.3) is 0 Å². The molecule has 44 valence electrons. The third-order valence-corrected chi connectivity index (χ3v) is 0.641. The van der Waals surface area contributed by atoms with E-state index in [0.29, 0.717) is 0 Å². The number of rotatable bonds is 2. The molecular weight excluding hydrogens is 112 g/mol. The lowest BCUT2D eigenvalue weighted by Gasteiger charge is -2.27. The van der Waals surface area contributed by atoms with Crippen LogP contribution in [0.2, 0.25) is 0 Å². The Kier molecular flexibility index (Phi) is 2.42. The average molecular weight is 120 g/mol. The second kappa shape index (κ2) is 2.39. The van der Waals surface area contributed by atoms with E-state index >= 15 is 0 Å². The summed E-state index contributed by atoms with van der Waals surface area (Å²) in [5, 5.41) is 15.6. The Morgan fingerprint density at radius 2 is 1.56 bits per heavy atom. The molecule has 0 aliphatic heterocycles. The molecule has 5 heteroatoms.